The lowest BCUT2D eigenvalue weighted by Crippen LogP contribution is -2.33. The lowest BCUT2D eigenvalue weighted by atomic mass is 9.96. The molecule has 2 nitrogen and oxygen atoms in total. The van der Waals surface area contributed by atoms with Gasteiger partial charge in [-0.1, -0.05) is 47.5 Å². The van der Waals surface area contributed by atoms with E-state index >= 15 is 0 Å². The largest absolute Gasteiger partial charge is 0.315 e. The lowest BCUT2D eigenvalue weighted by Gasteiger charge is -2.32. The van der Waals surface area contributed by atoms with E-state index < -0.39 is 0 Å². The van der Waals surface area contributed by atoms with Crippen molar-refractivity contribution < 1.29 is 4.39 Å². The molecule has 1 aliphatic heterocycles. The highest BCUT2D eigenvalue weighted by atomic mass is 35.5. The summed E-state index contributed by atoms with van der Waals surface area (Å²) in [4.78, 5) is 2.34. The van der Waals surface area contributed by atoms with Crippen LogP contribution in [0.25, 0.3) is 0 Å². The molecule has 0 aromatic heterocycles. The van der Waals surface area contributed by atoms with Gasteiger partial charge in [-0.3, -0.25) is 4.90 Å². The first-order valence-electron chi connectivity index (χ1n) is 7.81. The molecule has 0 saturated carbocycles. The van der Waals surface area contributed by atoms with Gasteiger partial charge in [0.2, 0.25) is 0 Å². The van der Waals surface area contributed by atoms with Crippen molar-refractivity contribution in [3.8, 4) is 0 Å². The van der Waals surface area contributed by atoms with Gasteiger partial charge in [0.1, 0.15) is 5.82 Å². The summed E-state index contributed by atoms with van der Waals surface area (Å²) < 4.78 is 13.8. The third kappa shape index (κ3) is 3.86. The fourth-order valence-corrected chi connectivity index (χ4v) is 3.53. The normalized spacial score (nSPS) is 17.7. The number of benzene rings is 2. The van der Waals surface area contributed by atoms with E-state index in [-0.39, 0.29) is 11.9 Å². The molecule has 0 amide bonds. The Morgan fingerprint density at radius 2 is 1.87 bits per heavy atom. The average Bonchev–Trinajstić information content (AvgIpc) is 2.81. The molecule has 0 aliphatic carbocycles. The fourth-order valence-electron chi connectivity index (χ4n) is 3.12. The van der Waals surface area contributed by atoms with Crippen molar-refractivity contribution in [2.24, 2.45) is 0 Å². The van der Waals surface area contributed by atoms with Crippen LogP contribution >= 0.6 is 23.2 Å². The van der Waals surface area contributed by atoms with Crippen molar-refractivity contribution in [3.05, 3.63) is 69.5 Å². The Balaban J connectivity index is 2.07. The SMILES string of the molecule is Fc1cccc(C(c2cccc(Cl)c2Cl)N2CCCNCC2)c1. The molecule has 0 bridgehead atoms. The number of halogens is 3. The fraction of sp³-hybridized carbons (Fsp3) is 0.333. The maximum atomic E-state index is 13.8. The van der Waals surface area contributed by atoms with Crippen LogP contribution in [0.1, 0.15) is 23.6 Å². The molecule has 2 aromatic rings. The summed E-state index contributed by atoms with van der Waals surface area (Å²) in [6, 6.07) is 12.3. The molecule has 122 valence electrons. The standard InChI is InChI=1S/C18H19Cl2FN2/c19-16-7-2-6-15(17(16)20)18(13-4-1-5-14(21)12-13)23-10-3-8-22-9-11-23/h1-2,4-7,12,18,22H,3,8-11H2. The van der Waals surface area contributed by atoms with Crippen LogP contribution < -0.4 is 5.32 Å². The van der Waals surface area contributed by atoms with Gasteiger partial charge in [0.05, 0.1) is 16.1 Å². The Bertz CT molecular complexity index is 670. The molecule has 1 fully saturated rings. The van der Waals surface area contributed by atoms with Crippen LogP contribution in [0, 0.1) is 5.82 Å². The molecule has 1 N–H and O–H groups in total. The van der Waals surface area contributed by atoms with Gasteiger partial charge in [0, 0.05) is 19.6 Å². The monoisotopic (exact) mass is 352 g/mol. The van der Waals surface area contributed by atoms with Gasteiger partial charge >= 0.3 is 0 Å². The van der Waals surface area contributed by atoms with Gasteiger partial charge < -0.3 is 5.32 Å². The van der Waals surface area contributed by atoms with Crippen LogP contribution in [0.15, 0.2) is 42.5 Å². The second kappa shape index (κ2) is 7.63. The van der Waals surface area contributed by atoms with Gasteiger partial charge in [-0.2, -0.15) is 0 Å². The molecule has 23 heavy (non-hydrogen) atoms. The Kier molecular flexibility index (Phi) is 5.54. The second-order valence-electron chi connectivity index (χ2n) is 5.74. The average molecular weight is 353 g/mol. The van der Waals surface area contributed by atoms with Crippen molar-refractivity contribution in [3.63, 3.8) is 0 Å². The summed E-state index contributed by atoms with van der Waals surface area (Å²) >= 11 is 12.7. The smallest absolute Gasteiger partial charge is 0.123 e. The van der Waals surface area contributed by atoms with Crippen LogP contribution in [0.5, 0.6) is 0 Å². The van der Waals surface area contributed by atoms with Gasteiger partial charge in [-0.05, 0) is 42.3 Å². The Hall–Kier alpha value is -1.13. The Morgan fingerprint density at radius 3 is 2.70 bits per heavy atom. The van der Waals surface area contributed by atoms with Crippen LogP contribution in [0.4, 0.5) is 4.39 Å². The van der Waals surface area contributed by atoms with E-state index in [0.29, 0.717) is 10.0 Å². The van der Waals surface area contributed by atoms with E-state index in [4.69, 9.17) is 23.2 Å². The summed E-state index contributed by atoms with van der Waals surface area (Å²) in [6.07, 6.45) is 1.05. The van der Waals surface area contributed by atoms with Gasteiger partial charge in [0.25, 0.3) is 0 Å². The number of hydrogen-bond donors (Lipinski definition) is 1. The van der Waals surface area contributed by atoms with Crippen molar-refractivity contribution >= 4 is 23.2 Å². The van der Waals surface area contributed by atoms with Gasteiger partial charge in [-0.25, -0.2) is 4.39 Å². The van der Waals surface area contributed by atoms with E-state index in [2.05, 4.69) is 10.2 Å². The maximum absolute atomic E-state index is 13.8. The molecule has 5 heteroatoms. The molecule has 3 rings (SSSR count). The van der Waals surface area contributed by atoms with Crippen molar-refractivity contribution in [1.29, 1.82) is 0 Å². The van der Waals surface area contributed by atoms with Gasteiger partial charge in [-0.15, -0.1) is 0 Å². The Labute approximate surface area is 146 Å². The zero-order valence-electron chi connectivity index (χ0n) is 12.7. The van der Waals surface area contributed by atoms with E-state index in [1.165, 1.54) is 6.07 Å². The van der Waals surface area contributed by atoms with E-state index in [9.17, 15) is 4.39 Å². The van der Waals surface area contributed by atoms with Crippen LogP contribution in [0.2, 0.25) is 10.0 Å². The zero-order valence-corrected chi connectivity index (χ0v) is 14.2. The molecule has 2 aromatic carbocycles. The quantitative estimate of drug-likeness (QED) is 0.873. The third-order valence-electron chi connectivity index (χ3n) is 4.18. The minimum absolute atomic E-state index is 0.100. The molecule has 0 spiro atoms. The van der Waals surface area contributed by atoms with Crippen molar-refractivity contribution in [2.45, 2.75) is 12.5 Å². The summed E-state index contributed by atoms with van der Waals surface area (Å²) in [5.41, 5.74) is 1.82. The van der Waals surface area contributed by atoms with Crippen LogP contribution in [0.3, 0.4) is 0 Å². The Morgan fingerprint density at radius 1 is 1.04 bits per heavy atom. The first kappa shape index (κ1) is 16.7. The zero-order chi connectivity index (χ0) is 16.2. The molecule has 1 heterocycles. The van der Waals surface area contributed by atoms with E-state index in [1.54, 1.807) is 18.2 Å². The minimum atomic E-state index is -0.237. The molecule has 1 saturated heterocycles. The number of nitrogens with zero attached hydrogens (tertiary/aromatic N) is 1. The second-order valence-corrected chi connectivity index (χ2v) is 6.53. The summed E-state index contributed by atoms with van der Waals surface area (Å²) in [6.45, 7) is 3.71. The number of nitrogens with one attached hydrogen (secondary N) is 1. The predicted molar refractivity (Wildman–Crippen MR) is 93.8 cm³/mol. The number of rotatable bonds is 3. The number of hydrogen-bond acceptors (Lipinski definition) is 2. The highest BCUT2D eigenvalue weighted by molar-refractivity contribution is 6.42. The molecule has 1 aliphatic rings. The van der Waals surface area contributed by atoms with Crippen molar-refractivity contribution in [2.75, 3.05) is 26.2 Å². The topological polar surface area (TPSA) is 15.3 Å². The summed E-state index contributed by atoms with van der Waals surface area (Å²) in [5, 5.41) is 4.47. The highest BCUT2D eigenvalue weighted by Gasteiger charge is 2.26. The van der Waals surface area contributed by atoms with Crippen LogP contribution in [-0.2, 0) is 0 Å². The van der Waals surface area contributed by atoms with E-state index in [0.717, 1.165) is 43.7 Å². The van der Waals surface area contributed by atoms with Crippen LogP contribution in [-0.4, -0.2) is 31.1 Å². The first-order chi connectivity index (χ1) is 11.2. The lowest BCUT2D eigenvalue weighted by molar-refractivity contribution is 0.241. The highest BCUT2D eigenvalue weighted by Crippen LogP contribution is 2.37. The summed E-state index contributed by atoms with van der Waals surface area (Å²) in [5.74, 6) is -0.237. The summed E-state index contributed by atoms with van der Waals surface area (Å²) in [7, 11) is 0. The third-order valence-corrected chi connectivity index (χ3v) is 5.01. The molecule has 1 atom stereocenters. The molecule has 1 unspecified atom stereocenters. The minimum Gasteiger partial charge on any atom is -0.315 e. The molecular formula is C18H19Cl2FN2. The van der Waals surface area contributed by atoms with E-state index in [1.807, 2.05) is 18.2 Å². The predicted octanol–water partition coefficient (Wildman–Crippen LogP) is 4.52. The molecule has 0 radical (unpaired) electrons. The maximum Gasteiger partial charge on any atom is 0.123 e. The molecular weight excluding hydrogens is 334 g/mol. The van der Waals surface area contributed by atoms with Gasteiger partial charge in [0.15, 0.2) is 0 Å². The van der Waals surface area contributed by atoms with Crippen molar-refractivity contribution in [1.82, 2.24) is 10.2 Å². The first-order valence-corrected chi connectivity index (χ1v) is 8.56.